The maximum Gasteiger partial charge on any atom is 0.194 e. The van der Waals surface area contributed by atoms with Crippen LogP contribution in [0.3, 0.4) is 0 Å². The summed E-state index contributed by atoms with van der Waals surface area (Å²) in [6.45, 7) is 14.1. The van der Waals surface area contributed by atoms with Gasteiger partial charge in [0.25, 0.3) is 0 Å². The van der Waals surface area contributed by atoms with Crippen LogP contribution in [-0.2, 0) is 0 Å². The first-order valence-electron chi connectivity index (χ1n) is 7.57. The largest absolute Gasteiger partial charge is 0.391 e. The fraction of sp³-hybridized carbons (Fsp3) is 0.929. The lowest BCUT2D eigenvalue weighted by atomic mass is 10.3. The Balaban J connectivity index is 0.00000361. The van der Waals surface area contributed by atoms with Gasteiger partial charge in [-0.1, -0.05) is 13.8 Å². The first kappa shape index (κ1) is 19.9. The van der Waals surface area contributed by atoms with Gasteiger partial charge in [-0.3, -0.25) is 9.89 Å². The van der Waals surface area contributed by atoms with E-state index in [1.807, 2.05) is 0 Å². The van der Waals surface area contributed by atoms with Gasteiger partial charge in [0.15, 0.2) is 5.96 Å². The van der Waals surface area contributed by atoms with Crippen molar-refractivity contribution in [3.63, 3.8) is 0 Å². The Hall–Kier alpha value is -0.0800. The summed E-state index contributed by atoms with van der Waals surface area (Å²) in [4.78, 5) is 9.29. The molecule has 1 aliphatic heterocycles. The lowest BCUT2D eigenvalue weighted by Crippen LogP contribution is -2.42. The van der Waals surface area contributed by atoms with Crippen LogP contribution in [0.15, 0.2) is 4.99 Å². The maximum atomic E-state index is 9.63. The molecule has 0 radical (unpaired) electrons. The van der Waals surface area contributed by atoms with E-state index < -0.39 is 0 Å². The van der Waals surface area contributed by atoms with Crippen LogP contribution in [0.4, 0.5) is 0 Å². The van der Waals surface area contributed by atoms with Crippen molar-refractivity contribution in [1.82, 2.24) is 15.1 Å². The molecule has 1 heterocycles. The Morgan fingerprint density at radius 2 is 2.05 bits per heavy atom. The second-order valence-corrected chi connectivity index (χ2v) is 5.15. The Morgan fingerprint density at radius 1 is 1.40 bits per heavy atom. The number of hydrogen-bond donors (Lipinski definition) is 2. The number of guanidine groups is 1. The molecule has 0 aromatic heterocycles. The van der Waals surface area contributed by atoms with Crippen LogP contribution in [0.5, 0.6) is 0 Å². The third-order valence-electron chi connectivity index (χ3n) is 3.74. The average molecular weight is 398 g/mol. The van der Waals surface area contributed by atoms with Crippen LogP contribution >= 0.6 is 24.0 Å². The molecule has 5 nitrogen and oxygen atoms in total. The zero-order valence-electron chi connectivity index (χ0n) is 13.3. The van der Waals surface area contributed by atoms with Crippen molar-refractivity contribution < 1.29 is 5.11 Å². The molecule has 0 amide bonds. The lowest BCUT2D eigenvalue weighted by molar-refractivity contribution is 0.187. The molecule has 20 heavy (non-hydrogen) atoms. The monoisotopic (exact) mass is 398 g/mol. The van der Waals surface area contributed by atoms with Gasteiger partial charge in [-0.05, 0) is 33.4 Å². The van der Waals surface area contributed by atoms with Crippen LogP contribution in [-0.4, -0.2) is 72.3 Å². The number of β-amino-alcohol motifs (C(OH)–C–C–N with tert-alkyl or cyclic N) is 1. The molecule has 1 unspecified atom stereocenters. The normalized spacial score (nSPS) is 21.0. The highest BCUT2D eigenvalue weighted by Gasteiger charge is 2.23. The summed E-state index contributed by atoms with van der Waals surface area (Å²) in [7, 11) is 0. The van der Waals surface area contributed by atoms with Gasteiger partial charge in [0, 0.05) is 25.7 Å². The number of nitrogens with one attached hydrogen (secondary N) is 1. The maximum absolute atomic E-state index is 9.63. The van der Waals surface area contributed by atoms with Crippen LogP contribution < -0.4 is 5.32 Å². The van der Waals surface area contributed by atoms with Gasteiger partial charge in [-0.25, -0.2) is 0 Å². The van der Waals surface area contributed by atoms with E-state index in [1.165, 1.54) is 0 Å². The van der Waals surface area contributed by atoms with Crippen LogP contribution in [0.2, 0.25) is 0 Å². The van der Waals surface area contributed by atoms with Gasteiger partial charge < -0.3 is 15.3 Å². The number of likely N-dealkylation sites (N-methyl/N-ethyl adjacent to an activating group) is 1. The minimum Gasteiger partial charge on any atom is -0.391 e. The summed E-state index contributed by atoms with van der Waals surface area (Å²) in [5.41, 5.74) is 0. The molecular weight excluding hydrogens is 367 g/mol. The van der Waals surface area contributed by atoms with E-state index in [9.17, 15) is 5.11 Å². The van der Waals surface area contributed by atoms with E-state index in [-0.39, 0.29) is 30.1 Å². The Morgan fingerprint density at radius 3 is 2.50 bits per heavy atom. The number of aliphatic hydroxyl groups excluding tert-OH is 1. The van der Waals surface area contributed by atoms with Gasteiger partial charge in [0.1, 0.15) is 0 Å². The lowest BCUT2D eigenvalue weighted by Gasteiger charge is -2.26. The van der Waals surface area contributed by atoms with Crippen molar-refractivity contribution >= 4 is 29.9 Å². The number of nitrogens with zero attached hydrogens (tertiary/aromatic N) is 3. The Labute approximate surface area is 140 Å². The SMILES string of the molecule is CCNC(=NCC(C)N(CC)CC)N1CC[C@@H](O)C1.I. The molecule has 2 N–H and O–H groups in total. The summed E-state index contributed by atoms with van der Waals surface area (Å²) < 4.78 is 0. The van der Waals surface area contributed by atoms with Gasteiger partial charge in [-0.15, -0.1) is 24.0 Å². The third kappa shape index (κ3) is 6.13. The molecule has 0 aromatic rings. The molecule has 0 saturated carbocycles. The molecule has 0 bridgehead atoms. The van der Waals surface area contributed by atoms with E-state index in [1.54, 1.807) is 0 Å². The molecular formula is C14H31IN4O. The molecule has 1 aliphatic rings. The van der Waals surface area contributed by atoms with Crippen molar-refractivity contribution in [2.75, 3.05) is 39.3 Å². The minimum absolute atomic E-state index is 0. The van der Waals surface area contributed by atoms with Crippen LogP contribution in [0.1, 0.15) is 34.1 Å². The number of hydrogen-bond acceptors (Lipinski definition) is 3. The predicted octanol–water partition coefficient (Wildman–Crippen LogP) is 1.37. The zero-order chi connectivity index (χ0) is 14.3. The topological polar surface area (TPSA) is 51.1 Å². The molecule has 6 heteroatoms. The zero-order valence-corrected chi connectivity index (χ0v) is 15.6. The minimum atomic E-state index is -0.205. The van der Waals surface area contributed by atoms with E-state index in [2.05, 4.69) is 42.8 Å². The molecule has 1 rings (SSSR count). The fourth-order valence-electron chi connectivity index (χ4n) is 2.54. The highest BCUT2D eigenvalue weighted by atomic mass is 127. The Bertz CT molecular complexity index is 284. The first-order valence-corrected chi connectivity index (χ1v) is 7.57. The van der Waals surface area contributed by atoms with Crippen molar-refractivity contribution in [2.24, 2.45) is 4.99 Å². The number of halogens is 1. The van der Waals surface area contributed by atoms with Gasteiger partial charge in [0.2, 0.25) is 0 Å². The van der Waals surface area contributed by atoms with Gasteiger partial charge in [-0.2, -0.15) is 0 Å². The highest BCUT2D eigenvalue weighted by Crippen LogP contribution is 2.09. The first-order chi connectivity index (χ1) is 9.12. The molecule has 2 atom stereocenters. The van der Waals surface area contributed by atoms with Crippen molar-refractivity contribution in [1.29, 1.82) is 0 Å². The summed E-state index contributed by atoms with van der Waals surface area (Å²) in [5, 5.41) is 12.9. The molecule has 0 aliphatic carbocycles. The third-order valence-corrected chi connectivity index (χ3v) is 3.74. The Kier molecular flexibility index (Phi) is 10.6. The summed E-state index contributed by atoms with van der Waals surface area (Å²) in [6.07, 6.45) is 0.639. The van der Waals surface area contributed by atoms with Crippen LogP contribution in [0, 0.1) is 0 Å². The quantitative estimate of drug-likeness (QED) is 0.403. The highest BCUT2D eigenvalue weighted by molar-refractivity contribution is 14.0. The fourth-order valence-corrected chi connectivity index (χ4v) is 2.54. The van der Waals surface area contributed by atoms with E-state index in [4.69, 9.17) is 4.99 Å². The van der Waals surface area contributed by atoms with Gasteiger partial charge in [0.05, 0.1) is 12.6 Å². The summed E-state index contributed by atoms with van der Waals surface area (Å²) in [6, 6.07) is 0.455. The standard InChI is InChI=1S/C14H30N4O.HI/c1-5-15-14(18-9-8-13(19)11-18)16-10-12(4)17(6-2)7-3;/h12-13,19H,5-11H2,1-4H3,(H,15,16);1H/t12?,13-;/m1./s1. The molecule has 1 saturated heterocycles. The molecule has 120 valence electrons. The molecule has 0 aromatic carbocycles. The van der Waals surface area contributed by atoms with Crippen LogP contribution in [0.25, 0.3) is 0 Å². The summed E-state index contributed by atoms with van der Waals surface area (Å²) in [5.74, 6) is 0.943. The average Bonchev–Trinajstić information content (AvgIpc) is 2.82. The second kappa shape index (κ2) is 10.6. The summed E-state index contributed by atoms with van der Waals surface area (Å²) >= 11 is 0. The number of likely N-dealkylation sites (tertiary alicyclic amines) is 1. The van der Waals surface area contributed by atoms with E-state index >= 15 is 0 Å². The smallest absolute Gasteiger partial charge is 0.194 e. The van der Waals surface area contributed by atoms with Crippen molar-refractivity contribution in [3.8, 4) is 0 Å². The second-order valence-electron chi connectivity index (χ2n) is 5.15. The van der Waals surface area contributed by atoms with Crippen molar-refractivity contribution in [3.05, 3.63) is 0 Å². The molecule has 1 fully saturated rings. The number of aliphatic imine (C=N–C) groups is 1. The van der Waals surface area contributed by atoms with E-state index in [0.717, 1.165) is 45.1 Å². The van der Waals surface area contributed by atoms with Gasteiger partial charge >= 0.3 is 0 Å². The number of rotatable bonds is 6. The number of aliphatic hydroxyl groups is 1. The van der Waals surface area contributed by atoms with Crippen molar-refractivity contribution in [2.45, 2.75) is 46.3 Å². The predicted molar refractivity (Wildman–Crippen MR) is 96.0 cm³/mol. The van der Waals surface area contributed by atoms with E-state index in [0.29, 0.717) is 12.6 Å². The molecule has 0 spiro atoms.